The number of sulfone groups is 2. The molecule has 1 aliphatic heterocycles. The first-order valence-corrected chi connectivity index (χ1v) is 14.7. The van der Waals surface area contributed by atoms with Crippen LogP contribution < -0.4 is 5.32 Å². The number of carbonyl (C=O) groups is 1. The van der Waals surface area contributed by atoms with Crippen LogP contribution in [0.3, 0.4) is 0 Å². The quantitative estimate of drug-likeness (QED) is 0.375. The number of nitrogens with one attached hydrogen (secondary N) is 1. The lowest BCUT2D eigenvalue weighted by Gasteiger charge is -2.25. The molecule has 1 saturated heterocycles. The molecule has 0 aliphatic carbocycles. The Hall–Kier alpha value is -3.53. The van der Waals surface area contributed by atoms with Gasteiger partial charge in [-0.05, 0) is 46.7 Å². The predicted molar refractivity (Wildman–Crippen MR) is 140 cm³/mol. The third-order valence-electron chi connectivity index (χ3n) is 6.79. The molecule has 0 radical (unpaired) electrons. The summed E-state index contributed by atoms with van der Waals surface area (Å²) in [5.41, 5.74) is 0.558. The summed E-state index contributed by atoms with van der Waals surface area (Å²) in [5, 5.41) is 1.71. The summed E-state index contributed by atoms with van der Waals surface area (Å²) >= 11 is 0. The van der Waals surface area contributed by atoms with Gasteiger partial charge in [-0.25, -0.2) is 16.8 Å². The van der Waals surface area contributed by atoms with Crippen LogP contribution in [0.2, 0.25) is 0 Å². The maximum Gasteiger partial charge on any atom is 0.324 e. The fourth-order valence-corrected chi connectivity index (χ4v) is 9.77. The molecule has 4 atom stereocenters. The zero-order valence-corrected chi connectivity index (χ0v) is 21.5. The van der Waals surface area contributed by atoms with E-state index < -0.39 is 48.2 Å². The van der Waals surface area contributed by atoms with Crippen molar-refractivity contribution in [2.45, 2.75) is 32.4 Å². The third-order valence-corrected chi connectivity index (χ3v) is 11.4. The van der Waals surface area contributed by atoms with Crippen molar-refractivity contribution in [3.05, 3.63) is 109 Å². The van der Waals surface area contributed by atoms with Gasteiger partial charge in [0.2, 0.25) is 0 Å². The van der Waals surface area contributed by atoms with Gasteiger partial charge in [0.1, 0.15) is 16.5 Å². The first-order valence-electron chi connectivity index (χ1n) is 11.7. The van der Waals surface area contributed by atoms with Crippen LogP contribution in [0.5, 0.6) is 0 Å². The molecule has 0 unspecified atom stereocenters. The molecule has 1 fully saturated rings. The van der Waals surface area contributed by atoms with Crippen LogP contribution >= 0.6 is 0 Å². The Kier molecular flexibility index (Phi) is 6.61. The van der Waals surface area contributed by atoms with E-state index in [-0.39, 0.29) is 9.79 Å². The largest absolute Gasteiger partial charge is 0.468 e. The Morgan fingerprint density at radius 3 is 1.76 bits per heavy atom. The minimum atomic E-state index is -4.31. The standard InChI is InChI=1S/C28H25NO6S2/c1-35-28(30)25-27(37(33,34)23-14-6-3-7-15-23)26(36(31,32)22-12-4-2-5-13-22)24(29-25)21-17-16-19-10-8-9-11-20(19)18-21/h2-18,24-27,29H,1H3/t24-,25-,26-,27-/m0/s1. The smallest absolute Gasteiger partial charge is 0.324 e. The molecule has 0 bridgehead atoms. The molecule has 7 nitrogen and oxygen atoms in total. The summed E-state index contributed by atoms with van der Waals surface area (Å²) in [4.78, 5) is 12.9. The molecule has 5 rings (SSSR count). The van der Waals surface area contributed by atoms with Crippen molar-refractivity contribution < 1.29 is 26.4 Å². The molecule has 4 aromatic rings. The normalized spacial score (nSPS) is 22.1. The molecular formula is C28H25NO6S2. The second-order valence-corrected chi connectivity index (χ2v) is 13.1. The summed E-state index contributed by atoms with van der Waals surface area (Å²) in [6.07, 6.45) is 0. The van der Waals surface area contributed by atoms with Crippen molar-refractivity contribution >= 4 is 36.4 Å². The fraction of sp³-hybridized carbons (Fsp3) is 0.179. The number of ether oxygens (including phenoxy) is 1. The van der Waals surface area contributed by atoms with Crippen molar-refractivity contribution in [2.24, 2.45) is 0 Å². The number of fused-ring (bicyclic) bond motifs is 1. The first-order chi connectivity index (χ1) is 17.7. The lowest BCUT2D eigenvalue weighted by Crippen LogP contribution is -2.47. The van der Waals surface area contributed by atoms with Gasteiger partial charge in [0, 0.05) is 0 Å². The molecule has 0 saturated carbocycles. The van der Waals surface area contributed by atoms with E-state index in [9.17, 15) is 21.6 Å². The Morgan fingerprint density at radius 1 is 0.676 bits per heavy atom. The minimum absolute atomic E-state index is 0.0219. The van der Waals surface area contributed by atoms with E-state index in [1.165, 1.54) is 24.3 Å². The van der Waals surface area contributed by atoms with Crippen molar-refractivity contribution in [1.82, 2.24) is 5.32 Å². The number of methoxy groups -OCH3 is 1. The van der Waals surface area contributed by atoms with Crippen molar-refractivity contribution in [3.63, 3.8) is 0 Å². The summed E-state index contributed by atoms with van der Waals surface area (Å²) in [5.74, 6) is -0.846. The van der Waals surface area contributed by atoms with Gasteiger partial charge in [0.15, 0.2) is 19.7 Å². The summed E-state index contributed by atoms with van der Waals surface area (Å²) < 4.78 is 61.4. The van der Waals surface area contributed by atoms with Gasteiger partial charge in [-0.15, -0.1) is 0 Å². The Labute approximate surface area is 215 Å². The topological polar surface area (TPSA) is 107 Å². The van der Waals surface area contributed by atoms with E-state index in [0.717, 1.165) is 17.9 Å². The zero-order valence-electron chi connectivity index (χ0n) is 19.9. The predicted octanol–water partition coefficient (Wildman–Crippen LogP) is 3.71. The Balaban J connectivity index is 1.76. The lowest BCUT2D eigenvalue weighted by atomic mass is 10.0. The SMILES string of the molecule is COC(=O)[C@H]1N[C@@H](c2ccc3ccccc3c2)[C@H](S(=O)(=O)c2ccccc2)[C@H]1S(=O)(=O)c1ccccc1. The van der Waals surface area contributed by atoms with Crippen LogP contribution in [0, 0.1) is 0 Å². The van der Waals surface area contributed by atoms with Crippen LogP contribution in [0.4, 0.5) is 0 Å². The highest BCUT2D eigenvalue weighted by Crippen LogP contribution is 2.41. The number of benzene rings is 4. The fourth-order valence-electron chi connectivity index (χ4n) is 5.02. The number of hydrogen-bond donors (Lipinski definition) is 1. The Bertz CT molecular complexity index is 1660. The minimum Gasteiger partial charge on any atom is -0.468 e. The number of hydrogen-bond acceptors (Lipinski definition) is 7. The Morgan fingerprint density at radius 2 is 1.19 bits per heavy atom. The zero-order chi connectivity index (χ0) is 26.2. The second kappa shape index (κ2) is 9.74. The highest BCUT2D eigenvalue weighted by molar-refractivity contribution is 7.96. The van der Waals surface area contributed by atoms with Gasteiger partial charge in [-0.1, -0.05) is 72.8 Å². The highest BCUT2D eigenvalue weighted by Gasteiger charge is 2.59. The second-order valence-electron chi connectivity index (χ2n) is 8.90. The molecule has 1 heterocycles. The summed E-state index contributed by atoms with van der Waals surface area (Å²) in [6.45, 7) is 0. The monoisotopic (exact) mass is 535 g/mol. The van der Waals surface area contributed by atoms with Crippen LogP contribution in [0.25, 0.3) is 10.8 Å². The van der Waals surface area contributed by atoms with E-state index in [4.69, 9.17) is 4.74 Å². The molecule has 0 spiro atoms. The maximum atomic E-state index is 14.2. The van der Waals surface area contributed by atoms with E-state index in [2.05, 4.69) is 5.32 Å². The van der Waals surface area contributed by atoms with E-state index in [0.29, 0.717) is 5.56 Å². The first kappa shape index (κ1) is 25.1. The molecule has 190 valence electrons. The molecule has 9 heteroatoms. The molecule has 0 amide bonds. The van der Waals surface area contributed by atoms with Crippen molar-refractivity contribution in [2.75, 3.05) is 7.11 Å². The van der Waals surface area contributed by atoms with Gasteiger partial charge >= 0.3 is 5.97 Å². The van der Waals surface area contributed by atoms with Gasteiger partial charge in [-0.3, -0.25) is 10.1 Å². The molecule has 0 aromatic heterocycles. The highest BCUT2D eigenvalue weighted by atomic mass is 32.2. The molecule has 4 aromatic carbocycles. The van der Waals surface area contributed by atoms with Crippen LogP contribution in [0.1, 0.15) is 11.6 Å². The number of esters is 1. The summed E-state index contributed by atoms with van der Waals surface area (Å²) in [6, 6.07) is 25.9. The van der Waals surface area contributed by atoms with Crippen molar-refractivity contribution in [1.29, 1.82) is 0 Å². The summed E-state index contributed by atoms with van der Waals surface area (Å²) in [7, 11) is -7.41. The van der Waals surface area contributed by atoms with Crippen LogP contribution in [-0.4, -0.2) is 46.5 Å². The molecule has 37 heavy (non-hydrogen) atoms. The van der Waals surface area contributed by atoms with Crippen molar-refractivity contribution in [3.8, 4) is 0 Å². The van der Waals surface area contributed by atoms with Gasteiger partial charge in [-0.2, -0.15) is 0 Å². The molecule has 1 N–H and O–H groups in total. The van der Waals surface area contributed by atoms with E-state index >= 15 is 0 Å². The lowest BCUT2D eigenvalue weighted by molar-refractivity contribution is -0.142. The molecule has 1 aliphatic rings. The van der Waals surface area contributed by atoms with E-state index in [1.807, 2.05) is 36.4 Å². The van der Waals surface area contributed by atoms with Crippen LogP contribution in [-0.2, 0) is 29.2 Å². The number of carbonyl (C=O) groups excluding carboxylic acids is 1. The third kappa shape index (κ3) is 4.43. The number of rotatable bonds is 6. The van der Waals surface area contributed by atoms with Gasteiger partial charge in [0.25, 0.3) is 0 Å². The van der Waals surface area contributed by atoms with Gasteiger partial charge < -0.3 is 4.74 Å². The average Bonchev–Trinajstić information content (AvgIpc) is 3.36. The van der Waals surface area contributed by atoms with Crippen LogP contribution in [0.15, 0.2) is 113 Å². The van der Waals surface area contributed by atoms with E-state index in [1.54, 1.807) is 42.5 Å². The average molecular weight is 536 g/mol. The van der Waals surface area contributed by atoms with Gasteiger partial charge in [0.05, 0.1) is 22.9 Å². The maximum absolute atomic E-state index is 14.2. The molecular weight excluding hydrogens is 510 g/mol.